The van der Waals surface area contributed by atoms with Crippen LogP contribution in [0.4, 0.5) is 16.2 Å². The molecule has 2 aromatic carbocycles. The summed E-state index contributed by atoms with van der Waals surface area (Å²) in [6, 6.07) is 11.1. The first kappa shape index (κ1) is 25.2. The fourth-order valence-electron chi connectivity index (χ4n) is 4.66. The number of aryl methyl sites for hydroxylation is 2. The van der Waals surface area contributed by atoms with Crippen molar-refractivity contribution in [2.75, 3.05) is 44.2 Å². The van der Waals surface area contributed by atoms with Gasteiger partial charge in [0.1, 0.15) is 0 Å². The van der Waals surface area contributed by atoms with E-state index in [4.69, 9.17) is 4.74 Å². The van der Waals surface area contributed by atoms with E-state index in [1.807, 2.05) is 0 Å². The van der Waals surface area contributed by atoms with Gasteiger partial charge in [-0.3, -0.25) is 15.0 Å². The van der Waals surface area contributed by atoms with E-state index in [0.717, 1.165) is 26.2 Å². The van der Waals surface area contributed by atoms with Crippen LogP contribution < -0.4 is 15.5 Å². The van der Waals surface area contributed by atoms with E-state index >= 15 is 0 Å². The van der Waals surface area contributed by atoms with Gasteiger partial charge in [-0.25, -0.2) is 9.59 Å². The zero-order valence-electron chi connectivity index (χ0n) is 20.7. The number of piperazine rings is 1. The number of non-ortho nitro benzene ring substituents is 1. The standard InChI is InChI=1S/C26H31N5O5/c1-4-36-25(32)23-21(27-26(33)28-24(23)19-7-9-20(10-8-19)31(34)35)16-29-11-13-30(14-12-29)22-15-17(2)5-6-18(22)3/h5-10,15,24H,4,11-14,16H2,1-3H3,(H2,27,28,33)/t24-/m1/s1. The molecule has 36 heavy (non-hydrogen) atoms. The second-order valence-corrected chi connectivity index (χ2v) is 9.05. The van der Waals surface area contributed by atoms with Gasteiger partial charge in [0.15, 0.2) is 0 Å². The highest BCUT2D eigenvalue weighted by molar-refractivity contribution is 5.95. The Morgan fingerprint density at radius 1 is 1.11 bits per heavy atom. The van der Waals surface area contributed by atoms with Gasteiger partial charge in [-0.2, -0.15) is 0 Å². The molecule has 2 N–H and O–H groups in total. The Bertz CT molecular complexity index is 1190. The molecule has 1 fully saturated rings. The minimum Gasteiger partial charge on any atom is -0.463 e. The van der Waals surface area contributed by atoms with Crippen LogP contribution in [0, 0.1) is 24.0 Å². The second kappa shape index (κ2) is 10.8. The molecule has 0 unspecified atom stereocenters. The molecule has 2 heterocycles. The number of nitrogens with zero attached hydrogens (tertiary/aromatic N) is 3. The number of benzene rings is 2. The van der Waals surface area contributed by atoms with E-state index in [1.165, 1.54) is 28.9 Å². The third-order valence-corrected chi connectivity index (χ3v) is 6.55. The van der Waals surface area contributed by atoms with Crippen molar-refractivity contribution in [3.8, 4) is 0 Å². The van der Waals surface area contributed by atoms with E-state index in [0.29, 0.717) is 23.4 Å². The molecule has 2 aliphatic heterocycles. The molecule has 10 heteroatoms. The topological polar surface area (TPSA) is 117 Å². The fraction of sp³-hybridized carbons (Fsp3) is 0.385. The maximum atomic E-state index is 13.0. The number of amides is 2. The smallest absolute Gasteiger partial charge is 0.338 e. The SMILES string of the molecule is CCOC(=O)C1=C(CN2CCN(c3cc(C)ccc3C)CC2)NC(=O)N[C@@H]1c1ccc([N+](=O)[O-])cc1. The molecule has 0 spiro atoms. The number of ether oxygens (including phenoxy) is 1. The molecule has 0 bridgehead atoms. The van der Waals surface area contributed by atoms with E-state index in [2.05, 4.69) is 52.5 Å². The van der Waals surface area contributed by atoms with Crippen LogP contribution in [0.25, 0.3) is 0 Å². The van der Waals surface area contributed by atoms with Crippen molar-refractivity contribution in [3.05, 3.63) is 80.5 Å². The molecule has 10 nitrogen and oxygen atoms in total. The van der Waals surface area contributed by atoms with Crippen molar-refractivity contribution in [3.63, 3.8) is 0 Å². The minimum absolute atomic E-state index is 0.0670. The molecule has 0 aliphatic carbocycles. The van der Waals surface area contributed by atoms with Crippen LogP contribution in [0.2, 0.25) is 0 Å². The molecule has 0 saturated carbocycles. The van der Waals surface area contributed by atoms with Crippen LogP contribution in [-0.4, -0.2) is 61.2 Å². The summed E-state index contributed by atoms with van der Waals surface area (Å²) in [6.45, 7) is 9.66. The first-order valence-electron chi connectivity index (χ1n) is 12.0. The molecule has 1 saturated heterocycles. The summed E-state index contributed by atoms with van der Waals surface area (Å²) in [5, 5.41) is 16.6. The van der Waals surface area contributed by atoms with E-state index in [-0.39, 0.29) is 12.3 Å². The number of esters is 1. The zero-order valence-corrected chi connectivity index (χ0v) is 20.7. The van der Waals surface area contributed by atoms with Crippen molar-refractivity contribution >= 4 is 23.4 Å². The highest BCUT2D eigenvalue weighted by atomic mass is 16.6. The third kappa shape index (κ3) is 5.49. The van der Waals surface area contributed by atoms with Crippen LogP contribution in [0.5, 0.6) is 0 Å². The average Bonchev–Trinajstić information content (AvgIpc) is 2.86. The summed E-state index contributed by atoms with van der Waals surface area (Å²) < 4.78 is 5.33. The highest BCUT2D eigenvalue weighted by Gasteiger charge is 2.35. The van der Waals surface area contributed by atoms with Crippen molar-refractivity contribution < 1.29 is 19.2 Å². The lowest BCUT2D eigenvalue weighted by Crippen LogP contribution is -2.52. The van der Waals surface area contributed by atoms with Crippen LogP contribution in [0.15, 0.2) is 53.7 Å². The molecule has 190 valence electrons. The lowest BCUT2D eigenvalue weighted by Gasteiger charge is -2.38. The van der Waals surface area contributed by atoms with Crippen LogP contribution in [-0.2, 0) is 9.53 Å². The molecule has 2 aliphatic rings. The molecule has 2 amide bonds. The number of urea groups is 1. The zero-order chi connectivity index (χ0) is 25.8. The van der Waals surface area contributed by atoms with Gasteiger partial charge < -0.3 is 20.3 Å². The summed E-state index contributed by atoms with van der Waals surface area (Å²) in [4.78, 5) is 40.7. The van der Waals surface area contributed by atoms with Crippen molar-refractivity contribution in [1.82, 2.24) is 15.5 Å². The Morgan fingerprint density at radius 2 is 1.81 bits per heavy atom. The quantitative estimate of drug-likeness (QED) is 0.346. The Labute approximate surface area is 210 Å². The number of carbonyl (C=O) groups is 2. The number of hydrogen-bond donors (Lipinski definition) is 2. The van der Waals surface area contributed by atoms with Gasteiger partial charge >= 0.3 is 12.0 Å². The van der Waals surface area contributed by atoms with Gasteiger partial charge in [0.25, 0.3) is 5.69 Å². The first-order chi connectivity index (χ1) is 17.3. The van der Waals surface area contributed by atoms with Gasteiger partial charge in [0, 0.05) is 56.2 Å². The number of anilines is 1. The lowest BCUT2D eigenvalue weighted by molar-refractivity contribution is -0.384. The molecule has 2 aromatic rings. The van der Waals surface area contributed by atoms with Crippen molar-refractivity contribution in [2.45, 2.75) is 26.8 Å². The number of rotatable bonds is 7. The number of nitro groups is 1. The molecule has 4 rings (SSSR count). The van der Waals surface area contributed by atoms with Gasteiger partial charge in [0.05, 0.1) is 23.1 Å². The van der Waals surface area contributed by atoms with Crippen molar-refractivity contribution in [1.29, 1.82) is 0 Å². The highest BCUT2D eigenvalue weighted by Crippen LogP contribution is 2.30. The minimum atomic E-state index is -0.773. The Hall–Kier alpha value is -3.92. The number of hydrogen-bond acceptors (Lipinski definition) is 7. The summed E-state index contributed by atoms with van der Waals surface area (Å²) >= 11 is 0. The molecular formula is C26H31N5O5. The van der Waals surface area contributed by atoms with Crippen molar-refractivity contribution in [2.24, 2.45) is 0 Å². The van der Waals surface area contributed by atoms with E-state index in [1.54, 1.807) is 19.1 Å². The maximum Gasteiger partial charge on any atom is 0.338 e. The Balaban J connectivity index is 1.57. The third-order valence-electron chi connectivity index (χ3n) is 6.55. The fourth-order valence-corrected chi connectivity index (χ4v) is 4.66. The summed E-state index contributed by atoms with van der Waals surface area (Å²) in [7, 11) is 0. The summed E-state index contributed by atoms with van der Waals surface area (Å²) in [5.41, 5.74) is 4.98. The van der Waals surface area contributed by atoms with Crippen LogP contribution >= 0.6 is 0 Å². The molecule has 1 atom stereocenters. The van der Waals surface area contributed by atoms with Gasteiger partial charge in [-0.1, -0.05) is 12.1 Å². The second-order valence-electron chi connectivity index (χ2n) is 9.05. The van der Waals surface area contributed by atoms with E-state index in [9.17, 15) is 19.7 Å². The number of nitro benzene ring substituents is 1. The summed E-state index contributed by atoms with van der Waals surface area (Å²) in [5.74, 6) is -0.530. The van der Waals surface area contributed by atoms with Gasteiger partial charge in [-0.05, 0) is 55.7 Å². The van der Waals surface area contributed by atoms with Crippen LogP contribution in [0.3, 0.4) is 0 Å². The lowest BCUT2D eigenvalue weighted by atomic mass is 9.94. The van der Waals surface area contributed by atoms with Crippen LogP contribution in [0.1, 0.15) is 29.7 Å². The normalized spacial score (nSPS) is 18.5. The number of nitrogens with one attached hydrogen (secondary N) is 2. The molecule has 0 radical (unpaired) electrons. The maximum absolute atomic E-state index is 13.0. The predicted octanol–water partition coefficient (Wildman–Crippen LogP) is 3.20. The van der Waals surface area contributed by atoms with Gasteiger partial charge in [-0.15, -0.1) is 0 Å². The first-order valence-corrected chi connectivity index (χ1v) is 12.0. The molecular weight excluding hydrogens is 462 g/mol. The molecule has 0 aromatic heterocycles. The van der Waals surface area contributed by atoms with Gasteiger partial charge in [0.2, 0.25) is 0 Å². The monoisotopic (exact) mass is 493 g/mol. The summed E-state index contributed by atoms with van der Waals surface area (Å²) in [6.07, 6.45) is 0. The largest absolute Gasteiger partial charge is 0.463 e. The average molecular weight is 494 g/mol. The predicted molar refractivity (Wildman–Crippen MR) is 136 cm³/mol. The Kier molecular flexibility index (Phi) is 7.54. The number of carbonyl (C=O) groups excluding carboxylic acids is 2. The van der Waals surface area contributed by atoms with E-state index < -0.39 is 23.0 Å². The Morgan fingerprint density at radius 3 is 2.44 bits per heavy atom.